The van der Waals surface area contributed by atoms with Gasteiger partial charge in [-0.15, -0.1) is 11.3 Å². The van der Waals surface area contributed by atoms with Crippen LogP contribution in [0, 0.1) is 0 Å². The van der Waals surface area contributed by atoms with Gasteiger partial charge in [0.05, 0.1) is 21.3 Å². The van der Waals surface area contributed by atoms with Crippen LogP contribution in [-0.4, -0.2) is 9.55 Å². The summed E-state index contributed by atoms with van der Waals surface area (Å²) in [7, 11) is 0. The molecule has 0 spiro atoms. The molecule has 5 aromatic carbocycles. The van der Waals surface area contributed by atoms with Crippen LogP contribution >= 0.6 is 22.7 Å². The molecule has 0 aliphatic carbocycles. The SMILES string of the molecule is c1ccc2c(c1)oc1ccc3c(c4ccccc4n3-c3nc4ccc5sc6ccccc6c5c4s3)c12. The molecule has 0 bridgehead atoms. The minimum Gasteiger partial charge on any atom is -0.456 e. The molecule has 0 saturated carbocycles. The zero-order valence-electron chi connectivity index (χ0n) is 18.9. The first-order valence-electron chi connectivity index (χ1n) is 11.9. The Balaban J connectivity index is 1.45. The van der Waals surface area contributed by atoms with Gasteiger partial charge in [0.25, 0.3) is 0 Å². The summed E-state index contributed by atoms with van der Waals surface area (Å²) in [6, 6.07) is 34.3. The van der Waals surface area contributed by atoms with E-state index in [1.165, 1.54) is 41.0 Å². The highest BCUT2D eigenvalue weighted by molar-refractivity contribution is 7.28. The summed E-state index contributed by atoms with van der Waals surface area (Å²) >= 11 is 3.63. The fraction of sp³-hybridized carbons (Fsp3) is 0. The molecule has 0 aliphatic rings. The second kappa shape index (κ2) is 6.72. The number of aromatic nitrogens is 2. The topological polar surface area (TPSA) is 31.0 Å². The number of fused-ring (bicyclic) bond motifs is 12. The predicted molar refractivity (Wildman–Crippen MR) is 154 cm³/mol. The lowest BCUT2D eigenvalue weighted by Crippen LogP contribution is -1.92. The van der Waals surface area contributed by atoms with Crippen molar-refractivity contribution in [3.63, 3.8) is 0 Å². The van der Waals surface area contributed by atoms with E-state index in [1.54, 1.807) is 11.3 Å². The van der Waals surface area contributed by atoms with E-state index >= 15 is 0 Å². The summed E-state index contributed by atoms with van der Waals surface area (Å²) < 4.78 is 12.4. The summed E-state index contributed by atoms with van der Waals surface area (Å²) in [4.78, 5) is 5.18. The number of hydrogen-bond acceptors (Lipinski definition) is 4. The van der Waals surface area contributed by atoms with Gasteiger partial charge >= 0.3 is 0 Å². The molecule has 0 atom stereocenters. The molecule has 5 heteroatoms. The largest absolute Gasteiger partial charge is 0.456 e. The third-order valence-electron chi connectivity index (χ3n) is 7.25. The minimum absolute atomic E-state index is 0.919. The second-order valence-electron chi connectivity index (χ2n) is 9.17. The Kier molecular flexibility index (Phi) is 3.56. The zero-order chi connectivity index (χ0) is 23.4. The number of para-hydroxylation sites is 2. The lowest BCUT2D eigenvalue weighted by Gasteiger charge is -2.02. The van der Waals surface area contributed by atoms with E-state index in [2.05, 4.69) is 89.5 Å². The molecule has 0 aliphatic heterocycles. The van der Waals surface area contributed by atoms with Crippen molar-refractivity contribution in [2.24, 2.45) is 0 Å². The standard InChI is InChI=1S/C31H16N2OS2/c1-4-10-21-17(7-1)27-22(14-15-24-28(27)18-8-2-5-11-23(18)34-24)33(21)31-32-20-13-16-26-29(30(20)36-31)19-9-3-6-12-25(19)35-26/h1-16H. The third-order valence-corrected chi connectivity index (χ3v) is 9.46. The number of rotatable bonds is 1. The van der Waals surface area contributed by atoms with E-state index in [4.69, 9.17) is 9.40 Å². The van der Waals surface area contributed by atoms with Crippen molar-refractivity contribution in [2.45, 2.75) is 0 Å². The zero-order valence-corrected chi connectivity index (χ0v) is 20.5. The second-order valence-corrected chi connectivity index (χ2v) is 11.2. The van der Waals surface area contributed by atoms with E-state index in [-0.39, 0.29) is 0 Å². The highest BCUT2D eigenvalue weighted by Crippen LogP contribution is 2.44. The van der Waals surface area contributed by atoms with Gasteiger partial charge in [0.2, 0.25) is 0 Å². The molecule has 168 valence electrons. The monoisotopic (exact) mass is 496 g/mol. The first-order chi connectivity index (χ1) is 17.8. The molecule has 4 aromatic heterocycles. The van der Waals surface area contributed by atoms with Crippen LogP contribution in [0.1, 0.15) is 0 Å². The average molecular weight is 497 g/mol. The molecule has 0 fully saturated rings. The van der Waals surface area contributed by atoms with Crippen molar-refractivity contribution in [3.05, 3.63) is 97.1 Å². The van der Waals surface area contributed by atoms with E-state index in [9.17, 15) is 0 Å². The number of thiophene rings is 1. The molecule has 9 aromatic rings. The maximum atomic E-state index is 6.23. The van der Waals surface area contributed by atoms with E-state index < -0.39 is 0 Å². The van der Waals surface area contributed by atoms with Crippen molar-refractivity contribution in [1.82, 2.24) is 9.55 Å². The Morgan fingerprint density at radius 1 is 0.556 bits per heavy atom. The normalized spacial score (nSPS) is 12.4. The molecule has 36 heavy (non-hydrogen) atoms. The summed E-state index contributed by atoms with van der Waals surface area (Å²) in [6.07, 6.45) is 0. The Bertz CT molecular complexity index is 2330. The van der Waals surface area contributed by atoms with Gasteiger partial charge in [0.15, 0.2) is 5.13 Å². The number of furan rings is 1. The molecule has 0 saturated heterocycles. The van der Waals surface area contributed by atoms with Gasteiger partial charge in [-0.1, -0.05) is 65.9 Å². The molecule has 0 unspecified atom stereocenters. The lowest BCUT2D eigenvalue weighted by atomic mass is 10.1. The number of thiazole rings is 1. The van der Waals surface area contributed by atoms with Gasteiger partial charge in [-0.25, -0.2) is 4.98 Å². The van der Waals surface area contributed by atoms with Crippen LogP contribution in [-0.2, 0) is 0 Å². The first-order valence-corrected chi connectivity index (χ1v) is 13.5. The van der Waals surface area contributed by atoms with Gasteiger partial charge < -0.3 is 4.42 Å². The molecule has 0 radical (unpaired) electrons. The van der Waals surface area contributed by atoms with Crippen LogP contribution in [0.25, 0.3) is 79.3 Å². The van der Waals surface area contributed by atoms with Gasteiger partial charge in [-0.3, -0.25) is 4.57 Å². The highest BCUT2D eigenvalue weighted by Gasteiger charge is 2.21. The Morgan fingerprint density at radius 3 is 2.31 bits per heavy atom. The van der Waals surface area contributed by atoms with Crippen molar-refractivity contribution in [2.75, 3.05) is 0 Å². The minimum atomic E-state index is 0.919. The van der Waals surface area contributed by atoms with Crippen LogP contribution in [0.15, 0.2) is 101 Å². The van der Waals surface area contributed by atoms with Crippen LogP contribution < -0.4 is 0 Å². The maximum absolute atomic E-state index is 6.23. The van der Waals surface area contributed by atoms with Gasteiger partial charge in [0, 0.05) is 41.7 Å². The van der Waals surface area contributed by atoms with Crippen LogP contribution in [0.2, 0.25) is 0 Å². The van der Waals surface area contributed by atoms with Crippen LogP contribution in [0.4, 0.5) is 0 Å². The van der Waals surface area contributed by atoms with Gasteiger partial charge in [0.1, 0.15) is 11.2 Å². The predicted octanol–water partition coefficient (Wildman–Crippen LogP) is 9.66. The Morgan fingerprint density at radius 2 is 1.36 bits per heavy atom. The molecule has 0 N–H and O–H groups in total. The van der Waals surface area contributed by atoms with Crippen LogP contribution in [0.3, 0.4) is 0 Å². The van der Waals surface area contributed by atoms with Gasteiger partial charge in [-0.05, 0) is 42.5 Å². The fourth-order valence-electron chi connectivity index (χ4n) is 5.76. The van der Waals surface area contributed by atoms with E-state index in [0.717, 1.165) is 38.2 Å². The number of benzene rings is 5. The van der Waals surface area contributed by atoms with Crippen molar-refractivity contribution in [3.8, 4) is 5.13 Å². The first kappa shape index (κ1) is 19.1. The number of nitrogens with zero attached hydrogens (tertiary/aromatic N) is 2. The summed E-state index contributed by atoms with van der Waals surface area (Å²) in [5, 5.41) is 8.38. The Hall–Kier alpha value is -4.19. The van der Waals surface area contributed by atoms with Crippen molar-refractivity contribution >= 4 is 96.8 Å². The number of hydrogen-bond donors (Lipinski definition) is 0. The fourth-order valence-corrected chi connectivity index (χ4v) is 8.09. The molecule has 0 amide bonds. The van der Waals surface area contributed by atoms with Crippen molar-refractivity contribution < 1.29 is 4.42 Å². The third kappa shape index (κ3) is 2.34. The average Bonchev–Trinajstić information content (AvgIpc) is 3.66. The molecular weight excluding hydrogens is 480 g/mol. The lowest BCUT2D eigenvalue weighted by molar-refractivity contribution is 0.669. The summed E-state index contributed by atoms with van der Waals surface area (Å²) in [5.41, 5.74) is 5.20. The molecule has 9 rings (SSSR count). The van der Waals surface area contributed by atoms with E-state index in [0.29, 0.717) is 0 Å². The smallest absolute Gasteiger partial charge is 0.195 e. The molecule has 3 nitrogen and oxygen atoms in total. The maximum Gasteiger partial charge on any atom is 0.195 e. The Labute approximate surface area is 212 Å². The van der Waals surface area contributed by atoms with Crippen LogP contribution in [0.5, 0.6) is 0 Å². The van der Waals surface area contributed by atoms with Crippen molar-refractivity contribution in [1.29, 1.82) is 0 Å². The summed E-state index contributed by atoms with van der Waals surface area (Å²) in [5.74, 6) is 0. The van der Waals surface area contributed by atoms with E-state index in [1.807, 2.05) is 23.5 Å². The molecular formula is C31H16N2OS2. The van der Waals surface area contributed by atoms with Gasteiger partial charge in [-0.2, -0.15) is 0 Å². The molecule has 4 heterocycles. The highest BCUT2D eigenvalue weighted by atomic mass is 32.1. The summed E-state index contributed by atoms with van der Waals surface area (Å²) in [6.45, 7) is 0. The quantitative estimate of drug-likeness (QED) is 0.226.